The van der Waals surface area contributed by atoms with Crippen LogP contribution < -0.4 is 0 Å². The van der Waals surface area contributed by atoms with Gasteiger partial charge in [-0.2, -0.15) is 5.26 Å². The summed E-state index contributed by atoms with van der Waals surface area (Å²) >= 11 is 3.51. The van der Waals surface area contributed by atoms with E-state index in [0.29, 0.717) is 29.5 Å². The van der Waals surface area contributed by atoms with Crippen molar-refractivity contribution in [2.45, 2.75) is 27.2 Å². The van der Waals surface area contributed by atoms with Crippen molar-refractivity contribution in [1.29, 1.82) is 5.26 Å². The van der Waals surface area contributed by atoms with E-state index in [9.17, 15) is 4.79 Å². The van der Waals surface area contributed by atoms with Crippen LogP contribution in [0.25, 0.3) is 16.7 Å². The lowest BCUT2D eigenvalue weighted by molar-refractivity contribution is 0.0850. The van der Waals surface area contributed by atoms with Gasteiger partial charge in [0.1, 0.15) is 0 Å². The molecule has 0 amide bonds. The number of piperidine rings is 1. The van der Waals surface area contributed by atoms with Gasteiger partial charge in [0.25, 0.3) is 0 Å². The average Bonchev–Trinajstić information content (AvgIpc) is 2.98. The van der Waals surface area contributed by atoms with E-state index in [4.69, 9.17) is 5.26 Å². The third-order valence-corrected chi connectivity index (χ3v) is 6.29. The van der Waals surface area contributed by atoms with E-state index in [0.717, 1.165) is 40.0 Å². The highest BCUT2D eigenvalue weighted by molar-refractivity contribution is 9.10. The van der Waals surface area contributed by atoms with Gasteiger partial charge in [0.05, 0.1) is 34.8 Å². The highest BCUT2D eigenvalue weighted by atomic mass is 79.9. The van der Waals surface area contributed by atoms with Crippen LogP contribution in [0, 0.1) is 30.1 Å². The normalized spacial score (nSPS) is 19.7. The zero-order valence-corrected chi connectivity index (χ0v) is 19.1. The number of carbonyl (C=O) groups excluding carboxylic acids is 1. The van der Waals surface area contributed by atoms with E-state index in [1.165, 1.54) is 6.42 Å². The molecule has 1 aromatic carbocycles. The van der Waals surface area contributed by atoms with E-state index in [1.807, 2.05) is 25.1 Å². The third kappa shape index (κ3) is 3.92. The lowest BCUT2D eigenvalue weighted by Crippen LogP contribution is -2.41. The summed E-state index contributed by atoms with van der Waals surface area (Å²) in [6, 6.07) is 11.6. The summed E-state index contributed by atoms with van der Waals surface area (Å²) in [5.41, 5.74) is 4.70. The molecule has 6 heteroatoms. The number of carbonyl (C=O) groups is 1. The number of aromatic nitrogens is 2. The molecule has 0 bridgehead atoms. The standard InChI is InChI=1S/C24H25BrN4O/c1-15-8-16(2)13-28(12-15)14-22(30)23-17(3)29(20-6-4-18(10-26)5-7-20)21-9-19(25)11-27-24(21)23/h4-7,9,11,15-16H,8,12-14H2,1-3H3/t15-,16+. The van der Waals surface area contributed by atoms with Crippen molar-refractivity contribution < 1.29 is 4.79 Å². The van der Waals surface area contributed by atoms with Gasteiger partial charge < -0.3 is 4.57 Å². The second-order valence-electron chi connectivity index (χ2n) is 8.54. The maximum atomic E-state index is 13.4. The highest BCUT2D eigenvalue weighted by Crippen LogP contribution is 2.31. The molecule has 0 aliphatic carbocycles. The first-order chi connectivity index (χ1) is 14.4. The van der Waals surface area contributed by atoms with Crippen LogP contribution in [0.1, 0.15) is 41.9 Å². The minimum atomic E-state index is 0.112. The predicted octanol–water partition coefficient (Wildman–Crippen LogP) is 5.13. The van der Waals surface area contributed by atoms with Crippen LogP contribution in [0.3, 0.4) is 0 Å². The Bertz CT molecular complexity index is 1130. The quantitative estimate of drug-likeness (QED) is 0.502. The Kier molecular flexibility index (Phi) is 5.77. The highest BCUT2D eigenvalue weighted by Gasteiger charge is 2.27. The molecule has 1 aliphatic heterocycles. The Morgan fingerprint density at radius 1 is 1.23 bits per heavy atom. The Morgan fingerprint density at radius 2 is 1.90 bits per heavy atom. The van der Waals surface area contributed by atoms with Crippen molar-refractivity contribution in [1.82, 2.24) is 14.5 Å². The number of halogens is 1. The monoisotopic (exact) mass is 464 g/mol. The maximum absolute atomic E-state index is 13.4. The molecule has 154 valence electrons. The molecule has 0 spiro atoms. The van der Waals surface area contributed by atoms with Crippen molar-refractivity contribution >= 4 is 32.7 Å². The number of nitriles is 1. The van der Waals surface area contributed by atoms with Gasteiger partial charge >= 0.3 is 0 Å². The summed E-state index contributed by atoms with van der Waals surface area (Å²) in [7, 11) is 0. The van der Waals surface area contributed by atoms with Crippen LogP contribution in [0.2, 0.25) is 0 Å². The molecule has 2 atom stereocenters. The fourth-order valence-corrected chi connectivity index (χ4v) is 5.13. The first kappa shape index (κ1) is 20.8. The lowest BCUT2D eigenvalue weighted by atomic mass is 9.91. The number of fused-ring (bicyclic) bond motifs is 1. The molecule has 0 N–H and O–H groups in total. The van der Waals surface area contributed by atoms with Crippen molar-refractivity contribution in [3.05, 3.63) is 57.8 Å². The number of ketones is 1. The van der Waals surface area contributed by atoms with E-state index < -0.39 is 0 Å². The number of likely N-dealkylation sites (tertiary alicyclic amines) is 1. The number of rotatable bonds is 4. The Morgan fingerprint density at radius 3 is 2.53 bits per heavy atom. The third-order valence-electron chi connectivity index (χ3n) is 5.85. The Labute approximate surface area is 185 Å². The van der Waals surface area contributed by atoms with E-state index >= 15 is 0 Å². The minimum absolute atomic E-state index is 0.112. The molecule has 0 saturated carbocycles. The molecule has 1 saturated heterocycles. The molecule has 3 heterocycles. The van der Waals surface area contributed by atoms with E-state index in [1.54, 1.807) is 18.3 Å². The van der Waals surface area contributed by atoms with Crippen LogP contribution >= 0.6 is 15.9 Å². The number of benzene rings is 1. The molecule has 1 fully saturated rings. The van der Waals surface area contributed by atoms with Gasteiger partial charge in [-0.1, -0.05) is 13.8 Å². The number of hydrogen-bond donors (Lipinski definition) is 0. The molecule has 2 aromatic heterocycles. The van der Waals surface area contributed by atoms with Crippen molar-refractivity contribution in [2.75, 3.05) is 19.6 Å². The zero-order valence-electron chi connectivity index (χ0n) is 17.5. The second kappa shape index (κ2) is 8.33. The summed E-state index contributed by atoms with van der Waals surface area (Å²) in [6.07, 6.45) is 2.96. The van der Waals surface area contributed by atoms with Crippen LogP contribution in [0.5, 0.6) is 0 Å². The number of pyridine rings is 1. The molecular formula is C24H25BrN4O. The molecular weight excluding hydrogens is 440 g/mol. The number of Topliss-reactive ketones (excluding diaryl/α,β-unsaturated/α-hetero) is 1. The number of hydrogen-bond acceptors (Lipinski definition) is 4. The number of nitrogens with zero attached hydrogens (tertiary/aromatic N) is 4. The molecule has 1 aliphatic rings. The molecule has 4 rings (SSSR count). The van der Waals surface area contributed by atoms with Gasteiger partial charge in [-0.15, -0.1) is 0 Å². The first-order valence-electron chi connectivity index (χ1n) is 10.3. The van der Waals surface area contributed by atoms with Gasteiger partial charge in [-0.05, 0) is 71.4 Å². The fourth-order valence-electron chi connectivity index (χ4n) is 4.81. The van der Waals surface area contributed by atoms with E-state index in [-0.39, 0.29) is 5.78 Å². The molecule has 0 radical (unpaired) electrons. The van der Waals surface area contributed by atoms with Gasteiger partial charge in [0.2, 0.25) is 0 Å². The fraction of sp³-hybridized carbons (Fsp3) is 0.375. The zero-order chi connectivity index (χ0) is 21.4. The first-order valence-corrected chi connectivity index (χ1v) is 11.1. The van der Waals surface area contributed by atoms with Gasteiger partial charge in [-0.3, -0.25) is 14.7 Å². The van der Waals surface area contributed by atoms with Crippen LogP contribution in [0.4, 0.5) is 0 Å². The summed E-state index contributed by atoms with van der Waals surface area (Å²) in [6.45, 7) is 8.83. The van der Waals surface area contributed by atoms with Crippen LogP contribution in [0.15, 0.2) is 41.0 Å². The van der Waals surface area contributed by atoms with Crippen LogP contribution in [-0.2, 0) is 0 Å². The Hall–Kier alpha value is -2.49. The van der Waals surface area contributed by atoms with E-state index in [2.05, 4.69) is 50.3 Å². The summed E-state index contributed by atoms with van der Waals surface area (Å²) in [4.78, 5) is 20.3. The second-order valence-corrected chi connectivity index (χ2v) is 9.45. The predicted molar refractivity (Wildman–Crippen MR) is 122 cm³/mol. The molecule has 30 heavy (non-hydrogen) atoms. The Balaban J connectivity index is 1.77. The van der Waals surface area contributed by atoms with Gasteiger partial charge in [0.15, 0.2) is 5.78 Å². The molecule has 5 nitrogen and oxygen atoms in total. The lowest BCUT2D eigenvalue weighted by Gasteiger charge is -2.34. The van der Waals surface area contributed by atoms with Gasteiger partial charge in [-0.25, -0.2) is 0 Å². The minimum Gasteiger partial charge on any atom is -0.311 e. The summed E-state index contributed by atoms with van der Waals surface area (Å²) in [5.74, 6) is 1.33. The smallest absolute Gasteiger partial charge is 0.180 e. The van der Waals surface area contributed by atoms with Crippen molar-refractivity contribution in [3.8, 4) is 11.8 Å². The summed E-state index contributed by atoms with van der Waals surface area (Å²) in [5, 5.41) is 9.11. The van der Waals surface area contributed by atoms with Gasteiger partial charge in [0, 0.05) is 35.1 Å². The average molecular weight is 465 g/mol. The molecule has 3 aromatic rings. The maximum Gasteiger partial charge on any atom is 0.180 e. The van der Waals surface area contributed by atoms with Crippen molar-refractivity contribution in [3.63, 3.8) is 0 Å². The van der Waals surface area contributed by atoms with Crippen molar-refractivity contribution in [2.24, 2.45) is 11.8 Å². The SMILES string of the molecule is Cc1c(C(=O)CN2C[C@H](C)C[C@H](C)C2)c2ncc(Br)cc2n1-c1ccc(C#N)cc1. The van der Waals surface area contributed by atoms with Crippen LogP contribution in [-0.4, -0.2) is 39.9 Å². The largest absolute Gasteiger partial charge is 0.311 e. The molecule has 0 unspecified atom stereocenters. The summed E-state index contributed by atoms with van der Waals surface area (Å²) < 4.78 is 2.92. The topological polar surface area (TPSA) is 61.9 Å².